The van der Waals surface area contributed by atoms with Crippen molar-refractivity contribution in [1.82, 2.24) is 4.90 Å². The average Bonchev–Trinajstić information content (AvgIpc) is 2.28. The molecule has 1 atom stereocenters. The Hall–Kier alpha value is -1.64. The number of carbonyl (C=O) groups is 1. The van der Waals surface area contributed by atoms with Crippen LogP contribution in [-0.4, -0.2) is 17.4 Å². The molecule has 3 heteroatoms. The maximum Gasteiger partial charge on any atom is 0.246 e. The van der Waals surface area contributed by atoms with Gasteiger partial charge in [-0.25, -0.2) is 4.39 Å². The van der Waals surface area contributed by atoms with Gasteiger partial charge >= 0.3 is 0 Å². The van der Waals surface area contributed by atoms with Gasteiger partial charge in [0.25, 0.3) is 0 Å². The van der Waals surface area contributed by atoms with Gasteiger partial charge in [0.05, 0.1) is 6.04 Å². The largest absolute Gasteiger partial charge is 0.332 e. The van der Waals surface area contributed by atoms with Crippen molar-refractivity contribution < 1.29 is 9.18 Å². The number of carbonyl (C=O) groups excluding carboxylic acids is 1. The van der Waals surface area contributed by atoms with E-state index in [1.165, 1.54) is 12.1 Å². The summed E-state index contributed by atoms with van der Waals surface area (Å²) in [6.45, 7) is 5.94. The number of nitrogens with zero attached hydrogens (tertiary/aromatic N) is 1. The fraction of sp³-hybridized carbons (Fsp3) is 0.308. The Morgan fingerprint density at radius 1 is 1.62 bits per heavy atom. The minimum Gasteiger partial charge on any atom is -0.332 e. The van der Waals surface area contributed by atoms with Crippen molar-refractivity contribution in [2.75, 3.05) is 6.54 Å². The van der Waals surface area contributed by atoms with E-state index in [9.17, 15) is 9.18 Å². The molecule has 1 amide bonds. The third-order valence-electron chi connectivity index (χ3n) is 3.11. The summed E-state index contributed by atoms with van der Waals surface area (Å²) in [6, 6.07) is 4.86. The molecule has 2 nitrogen and oxygen atoms in total. The molecule has 1 unspecified atom stereocenters. The first-order valence-electron chi connectivity index (χ1n) is 5.35. The average molecular weight is 219 g/mol. The number of hydrogen-bond donors (Lipinski definition) is 0. The first-order valence-corrected chi connectivity index (χ1v) is 5.35. The van der Waals surface area contributed by atoms with Crippen LogP contribution in [0.4, 0.5) is 4.39 Å². The maximum absolute atomic E-state index is 13.7. The number of hydrogen-bond acceptors (Lipinski definition) is 1. The zero-order chi connectivity index (χ0) is 11.7. The molecular weight excluding hydrogens is 205 g/mol. The van der Waals surface area contributed by atoms with E-state index in [0.717, 1.165) is 5.56 Å². The molecule has 0 N–H and O–H groups in total. The predicted molar refractivity (Wildman–Crippen MR) is 60.4 cm³/mol. The van der Waals surface area contributed by atoms with Gasteiger partial charge in [0.15, 0.2) is 0 Å². The molecule has 0 bridgehead atoms. The fourth-order valence-corrected chi connectivity index (χ4v) is 2.28. The highest BCUT2D eigenvalue weighted by molar-refractivity contribution is 5.87. The number of fused-ring (bicyclic) bond motifs is 1. The van der Waals surface area contributed by atoms with Crippen molar-refractivity contribution in [3.8, 4) is 0 Å². The molecule has 0 aromatic heterocycles. The fourth-order valence-electron chi connectivity index (χ4n) is 2.28. The standard InChI is InChI=1S/C13H14FNO/c1-3-12(16)15-8-7-10-5-4-6-11(14)13(10)9(15)2/h3-6,9H,1,7-8H2,2H3. The quantitative estimate of drug-likeness (QED) is 0.664. The lowest BCUT2D eigenvalue weighted by Crippen LogP contribution is -2.38. The van der Waals surface area contributed by atoms with E-state index in [2.05, 4.69) is 6.58 Å². The lowest BCUT2D eigenvalue weighted by atomic mass is 9.93. The van der Waals surface area contributed by atoms with Gasteiger partial charge in [-0.15, -0.1) is 0 Å². The SMILES string of the molecule is C=CC(=O)N1CCc2cccc(F)c2C1C. The van der Waals surface area contributed by atoms with Gasteiger partial charge in [-0.2, -0.15) is 0 Å². The summed E-state index contributed by atoms with van der Waals surface area (Å²) in [6.07, 6.45) is 1.99. The van der Waals surface area contributed by atoms with Gasteiger partial charge in [0.2, 0.25) is 5.91 Å². The molecule has 0 saturated heterocycles. The summed E-state index contributed by atoms with van der Waals surface area (Å²) in [5.74, 6) is -0.368. The highest BCUT2D eigenvalue weighted by Gasteiger charge is 2.28. The van der Waals surface area contributed by atoms with Gasteiger partial charge in [0, 0.05) is 12.1 Å². The topological polar surface area (TPSA) is 20.3 Å². The molecule has 84 valence electrons. The van der Waals surface area contributed by atoms with Crippen molar-refractivity contribution >= 4 is 5.91 Å². The second-order valence-electron chi connectivity index (χ2n) is 3.97. The van der Waals surface area contributed by atoms with E-state index in [1.54, 1.807) is 11.0 Å². The zero-order valence-corrected chi connectivity index (χ0v) is 9.24. The number of benzene rings is 1. The Morgan fingerprint density at radius 3 is 3.06 bits per heavy atom. The smallest absolute Gasteiger partial charge is 0.246 e. The highest BCUT2D eigenvalue weighted by atomic mass is 19.1. The number of rotatable bonds is 1. The number of amides is 1. The molecule has 0 spiro atoms. The maximum atomic E-state index is 13.7. The molecule has 0 aliphatic carbocycles. The highest BCUT2D eigenvalue weighted by Crippen LogP contribution is 2.31. The van der Waals surface area contributed by atoms with Gasteiger partial charge in [0.1, 0.15) is 5.82 Å². The van der Waals surface area contributed by atoms with E-state index in [4.69, 9.17) is 0 Å². The Morgan fingerprint density at radius 2 is 2.38 bits per heavy atom. The molecule has 1 aliphatic heterocycles. The predicted octanol–water partition coefficient (Wildman–Crippen LogP) is 2.46. The van der Waals surface area contributed by atoms with E-state index in [1.807, 2.05) is 13.0 Å². The lowest BCUT2D eigenvalue weighted by Gasteiger charge is -2.34. The normalized spacial score (nSPS) is 19.1. The minimum atomic E-state index is -0.230. The second kappa shape index (κ2) is 4.08. The van der Waals surface area contributed by atoms with Crippen molar-refractivity contribution in [2.45, 2.75) is 19.4 Å². The number of halogens is 1. The van der Waals surface area contributed by atoms with Gasteiger partial charge in [-0.1, -0.05) is 18.7 Å². The summed E-state index contributed by atoms with van der Waals surface area (Å²) < 4.78 is 13.7. The molecule has 1 aliphatic rings. The summed E-state index contributed by atoms with van der Waals surface area (Å²) in [7, 11) is 0. The Balaban J connectivity index is 2.41. The molecule has 0 fully saturated rings. The molecule has 16 heavy (non-hydrogen) atoms. The molecule has 0 saturated carbocycles. The summed E-state index contributed by atoms with van der Waals surface area (Å²) in [4.78, 5) is 13.2. The first-order chi connectivity index (χ1) is 7.65. The van der Waals surface area contributed by atoms with E-state index < -0.39 is 0 Å². The summed E-state index contributed by atoms with van der Waals surface area (Å²) >= 11 is 0. The van der Waals surface area contributed by atoms with E-state index >= 15 is 0 Å². The van der Waals surface area contributed by atoms with Crippen molar-refractivity contribution in [2.24, 2.45) is 0 Å². The van der Waals surface area contributed by atoms with Gasteiger partial charge in [-0.3, -0.25) is 4.79 Å². The second-order valence-corrected chi connectivity index (χ2v) is 3.97. The van der Waals surface area contributed by atoms with Gasteiger partial charge < -0.3 is 4.90 Å². The molecule has 2 rings (SSSR count). The van der Waals surface area contributed by atoms with Crippen LogP contribution in [0.15, 0.2) is 30.9 Å². The van der Waals surface area contributed by atoms with Crippen LogP contribution in [0.1, 0.15) is 24.1 Å². The van der Waals surface area contributed by atoms with Crippen LogP contribution in [0.3, 0.4) is 0 Å². The lowest BCUT2D eigenvalue weighted by molar-refractivity contribution is -0.128. The van der Waals surface area contributed by atoms with Crippen LogP contribution in [-0.2, 0) is 11.2 Å². The van der Waals surface area contributed by atoms with Crippen molar-refractivity contribution in [3.63, 3.8) is 0 Å². The summed E-state index contributed by atoms with van der Waals surface area (Å²) in [5.41, 5.74) is 1.64. The van der Waals surface area contributed by atoms with Crippen LogP contribution >= 0.6 is 0 Å². The van der Waals surface area contributed by atoms with Crippen molar-refractivity contribution in [1.29, 1.82) is 0 Å². The molecular formula is C13H14FNO. The van der Waals surface area contributed by atoms with Crippen LogP contribution < -0.4 is 0 Å². The van der Waals surface area contributed by atoms with Crippen LogP contribution in [0.25, 0.3) is 0 Å². The van der Waals surface area contributed by atoms with E-state index in [0.29, 0.717) is 18.5 Å². The monoisotopic (exact) mass is 219 g/mol. The zero-order valence-electron chi connectivity index (χ0n) is 9.24. The molecule has 1 heterocycles. The molecule has 0 radical (unpaired) electrons. The Labute approximate surface area is 94.4 Å². The van der Waals surface area contributed by atoms with Gasteiger partial charge in [-0.05, 0) is 31.1 Å². The van der Waals surface area contributed by atoms with Crippen molar-refractivity contribution in [3.05, 3.63) is 47.8 Å². The Bertz CT molecular complexity index is 442. The van der Waals surface area contributed by atoms with Crippen LogP contribution in [0, 0.1) is 5.82 Å². The van der Waals surface area contributed by atoms with E-state index in [-0.39, 0.29) is 17.8 Å². The van der Waals surface area contributed by atoms with Crippen LogP contribution in [0.2, 0.25) is 0 Å². The Kier molecular flexibility index (Phi) is 2.77. The summed E-state index contributed by atoms with van der Waals surface area (Å²) in [5, 5.41) is 0. The van der Waals surface area contributed by atoms with Crippen LogP contribution in [0.5, 0.6) is 0 Å². The molecule has 1 aromatic rings. The third-order valence-corrected chi connectivity index (χ3v) is 3.11. The minimum absolute atomic E-state index is 0.138. The molecule has 1 aromatic carbocycles. The first kappa shape index (κ1) is 10.9. The third kappa shape index (κ3) is 1.62.